The molecule has 2 aromatic rings. The lowest BCUT2D eigenvalue weighted by Crippen LogP contribution is -2.17. The second-order valence-electron chi connectivity index (χ2n) is 3.88. The van der Waals surface area contributed by atoms with Crippen molar-refractivity contribution in [1.82, 2.24) is 9.38 Å². The molecule has 3 heteroatoms. The van der Waals surface area contributed by atoms with Crippen molar-refractivity contribution in [2.24, 2.45) is 5.73 Å². The first-order valence-corrected chi connectivity index (χ1v) is 4.85. The first-order chi connectivity index (χ1) is 6.65. The maximum Gasteiger partial charge on any atom is 0.137 e. The minimum atomic E-state index is 0.168. The zero-order valence-electron chi connectivity index (χ0n) is 8.57. The van der Waals surface area contributed by atoms with E-state index in [4.69, 9.17) is 5.73 Å². The van der Waals surface area contributed by atoms with Crippen LogP contribution in [-0.2, 0) is 6.42 Å². The van der Waals surface area contributed by atoms with Crippen LogP contribution < -0.4 is 5.73 Å². The summed E-state index contributed by atoms with van der Waals surface area (Å²) in [6.45, 7) is 4.06. The zero-order valence-corrected chi connectivity index (χ0v) is 8.57. The Balaban J connectivity index is 2.41. The summed E-state index contributed by atoms with van der Waals surface area (Å²) in [4.78, 5) is 4.50. The van der Waals surface area contributed by atoms with E-state index in [9.17, 15) is 0 Å². The van der Waals surface area contributed by atoms with E-state index < -0.39 is 0 Å². The molecule has 0 spiro atoms. The van der Waals surface area contributed by atoms with Crippen LogP contribution in [0, 0.1) is 6.92 Å². The highest BCUT2D eigenvalue weighted by molar-refractivity contribution is 5.42. The third kappa shape index (κ3) is 1.77. The van der Waals surface area contributed by atoms with E-state index in [1.54, 1.807) is 0 Å². The molecule has 0 fully saturated rings. The highest BCUT2D eigenvalue weighted by atomic mass is 15.0. The summed E-state index contributed by atoms with van der Waals surface area (Å²) < 4.78 is 2.03. The van der Waals surface area contributed by atoms with Crippen LogP contribution in [-0.4, -0.2) is 15.4 Å². The van der Waals surface area contributed by atoms with Crippen molar-refractivity contribution in [3.63, 3.8) is 0 Å². The van der Waals surface area contributed by atoms with Gasteiger partial charge < -0.3 is 10.1 Å². The van der Waals surface area contributed by atoms with E-state index in [0.717, 1.165) is 17.8 Å². The summed E-state index contributed by atoms with van der Waals surface area (Å²) in [6, 6.07) is 4.32. The second-order valence-corrected chi connectivity index (χ2v) is 3.88. The average Bonchev–Trinajstić information content (AvgIpc) is 2.44. The molecule has 3 nitrogen and oxygen atoms in total. The summed E-state index contributed by atoms with van der Waals surface area (Å²) >= 11 is 0. The number of nitrogens with zero attached hydrogens (tertiary/aromatic N) is 2. The monoisotopic (exact) mass is 189 g/mol. The van der Waals surface area contributed by atoms with Crippen LogP contribution >= 0.6 is 0 Å². The standard InChI is InChI=1S/C11H15N3/c1-8-3-4-14-7-10(6-9(2)12)13-11(14)5-8/h3-5,7,9H,6,12H2,1-2H3. The number of fused-ring (bicyclic) bond motifs is 1. The van der Waals surface area contributed by atoms with E-state index in [1.165, 1.54) is 5.56 Å². The Kier molecular flexibility index (Phi) is 2.25. The van der Waals surface area contributed by atoms with Crippen LogP contribution in [0.4, 0.5) is 0 Å². The van der Waals surface area contributed by atoms with Crippen molar-refractivity contribution >= 4 is 5.65 Å². The van der Waals surface area contributed by atoms with Gasteiger partial charge in [0.2, 0.25) is 0 Å². The van der Waals surface area contributed by atoms with Gasteiger partial charge in [0.1, 0.15) is 5.65 Å². The van der Waals surface area contributed by atoms with Crippen LogP contribution in [0.3, 0.4) is 0 Å². The second kappa shape index (κ2) is 3.42. The molecule has 0 aliphatic heterocycles. The van der Waals surface area contributed by atoms with Crippen LogP contribution in [0.15, 0.2) is 24.5 Å². The first-order valence-electron chi connectivity index (χ1n) is 4.85. The molecule has 0 aliphatic carbocycles. The molecular formula is C11H15N3. The molecule has 0 bridgehead atoms. The van der Waals surface area contributed by atoms with Gasteiger partial charge in [-0.2, -0.15) is 0 Å². The van der Waals surface area contributed by atoms with E-state index in [0.29, 0.717) is 0 Å². The molecule has 0 saturated heterocycles. The fourth-order valence-electron chi connectivity index (χ4n) is 1.56. The average molecular weight is 189 g/mol. The molecule has 14 heavy (non-hydrogen) atoms. The summed E-state index contributed by atoms with van der Waals surface area (Å²) in [5.41, 5.74) is 9.02. The number of aryl methyl sites for hydroxylation is 1. The van der Waals surface area contributed by atoms with E-state index >= 15 is 0 Å². The topological polar surface area (TPSA) is 43.3 Å². The Labute approximate surface area is 83.6 Å². The molecular weight excluding hydrogens is 174 g/mol. The molecule has 0 amide bonds. The van der Waals surface area contributed by atoms with Gasteiger partial charge in [-0.05, 0) is 31.5 Å². The van der Waals surface area contributed by atoms with Crippen molar-refractivity contribution in [2.75, 3.05) is 0 Å². The van der Waals surface area contributed by atoms with E-state index in [-0.39, 0.29) is 6.04 Å². The maximum atomic E-state index is 5.73. The largest absolute Gasteiger partial charge is 0.328 e. The Hall–Kier alpha value is -1.35. The Bertz CT molecular complexity index is 443. The van der Waals surface area contributed by atoms with Gasteiger partial charge in [-0.3, -0.25) is 0 Å². The Morgan fingerprint density at radius 3 is 3.07 bits per heavy atom. The number of hydrogen-bond acceptors (Lipinski definition) is 2. The SMILES string of the molecule is Cc1ccn2cc(CC(C)N)nc2c1. The van der Waals surface area contributed by atoms with Gasteiger partial charge in [-0.25, -0.2) is 4.98 Å². The van der Waals surface area contributed by atoms with E-state index in [2.05, 4.69) is 24.0 Å². The number of rotatable bonds is 2. The Morgan fingerprint density at radius 1 is 1.57 bits per heavy atom. The van der Waals surface area contributed by atoms with Gasteiger partial charge in [0.15, 0.2) is 0 Å². The Morgan fingerprint density at radius 2 is 2.36 bits per heavy atom. The lowest BCUT2D eigenvalue weighted by Gasteiger charge is -1.98. The van der Waals surface area contributed by atoms with Gasteiger partial charge in [-0.1, -0.05) is 0 Å². The summed E-state index contributed by atoms with van der Waals surface area (Å²) in [7, 11) is 0. The summed E-state index contributed by atoms with van der Waals surface area (Å²) in [5.74, 6) is 0. The van der Waals surface area contributed by atoms with Crippen LogP contribution in [0.2, 0.25) is 0 Å². The molecule has 1 atom stereocenters. The molecule has 74 valence electrons. The molecule has 2 aromatic heterocycles. The van der Waals surface area contributed by atoms with Crippen LogP contribution in [0.5, 0.6) is 0 Å². The molecule has 2 heterocycles. The quantitative estimate of drug-likeness (QED) is 0.778. The third-order valence-corrected chi connectivity index (χ3v) is 2.20. The summed E-state index contributed by atoms with van der Waals surface area (Å²) in [5, 5.41) is 0. The number of pyridine rings is 1. The number of imidazole rings is 1. The molecule has 0 saturated carbocycles. The zero-order chi connectivity index (χ0) is 10.1. The van der Waals surface area contributed by atoms with Crippen LogP contribution in [0.25, 0.3) is 5.65 Å². The van der Waals surface area contributed by atoms with Crippen molar-refractivity contribution in [2.45, 2.75) is 26.3 Å². The van der Waals surface area contributed by atoms with Gasteiger partial charge in [0.25, 0.3) is 0 Å². The minimum absolute atomic E-state index is 0.168. The van der Waals surface area contributed by atoms with Crippen LogP contribution in [0.1, 0.15) is 18.2 Å². The van der Waals surface area contributed by atoms with Gasteiger partial charge >= 0.3 is 0 Å². The summed E-state index contributed by atoms with van der Waals surface area (Å²) in [6.07, 6.45) is 4.90. The maximum absolute atomic E-state index is 5.73. The molecule has 0 aliphatic rings. The molecule has 0 aromatic carbocycles. The molecule has 2 rings (SSSR count). The minimum Gasteiger partial charge on any atom is -0.328 e. The fraction of sp³-hybridized carbons (Fsp3) is 0.364. The molecule has 1 unspecified atom stereocenters. The van der Waals surface area contributed by atoms with Gasteiger partial charge in [-0.15, -0.1) is 0 Å². The highest BCUT2D eigenvalue weighted by Crippen LogP contribution is 2.08. The molecule has 0 radical (unpaired) electrons. The number of hydrogen-bond donors (Lipinski definition) is 1. The predicted octanol–water partition coefficient (Wildman–Crippen LogP) is 1.53. The third-order valence-electron chi connectivity index (χ3n) is 2.20. The van der Waals surface area contributed by atoms with Crippen molar-refractivity contribution < 1.29 is 0 Å². The number of aromatic nitrogens is 2. The highest BCUT2D eigenvalue weighted by Gasteiger charge is 2.03. The normalized spacial score (nSPS) is 13.4. The predicted molar refractivity (Wildman–Crippen MR) is 57.3 cm³/mol. The van der Waals surface area contributed by atoms with Gasteiger partial charge in [0.05, 0.1) is 5.69 Å². The van der Waals surface area contributed by atoms with E-state index in [1.807, 2.05) is 23.7 Å². The lowest BCUT2D eigenvalue weighted by atomic mass is 10.2. The fourth-order valence-corrected chi connectivity index (χ4v) is 1.56. The first kappa shape index (κ1) is 9.21. The van der Waals surface area contributed by atoms with Gasteiger partial charge in [0, 0.05) is 24.9 Å². The van der Waals surface area contributed by atoms with Crippen molar-refractivity contribution in [3.8, 4) is 0 Å². The lowest BCUT2D eigenvalue weighted by molar-refractivity contribution is 0.726. The van der Waals surface area contributed by atoms with Crippen molar-refractivity contribution in [3.05, 3.63) is 35.8 Å². The number of nitrogens with two attached hydrogens (primary N) is 1. The molecule has 2 N–H and O–H groups in total. The smallest absolute Gasteiger partial charge is 0.137 e. The van der Waals surface area contributed by atoms with Crippen molar-refractivity contribution in [1.29, 1.82) is 0 Å².